The third-order valence-electron chi connectivity index (χ3n) is 2.96. The molecule has 1 N–H and O–H groups in total. The summed E-state index contributed by atoms with van der Waals surface area (Å²) in [6, 6.07) is 11.6. The van der Waals surface area contributed by atoms with E-state index in [1.807, 2.05) is 0 Å². The first kappa shape index (κ1) is 14.6. The zero-order valence-electron chi connectivity index (χ0n) is 11.8. The molecular weight excluding hydrogens is 270 g/mol. The van der Waals surface area contributed by atoms with Crippen LogP contribution in [0.2, 0.25) is 0 Å². The molecule has 1 amide bonds. The molecule has 0 bridgehead atoms. The van der Waals surface area contributed by atoms with Crippen molar-refractivity contribution in [2.45, 2.75) is 0 Å². The van der Waals surface area contributed by atoms with Crippen molar-refractivity contribution in [1.29, 1.82) is 0 Å². The molecule has 2 rings (SSSR count). The molecule has 5 heteroatoms. The van der Waals surface area contributed by atoms with Gasteiger partial charge in [0.2, 0.25) is 0 Å². The second-order valence-electron chi connectivity index (χ2n) is 4.26. The molecule has 0 atom stereocenters. The van der Waals surface area contributed by atoms with Crippen molar-refractivity contribution in [1.82, 2.24) is 0 Å². The van der Waals surface area contributed by atoms with Crippen LogP contribution in [0.5, 0.6) is 11.5 Å². The van der Waals surface area contributed by atoms with Crippen molar-refractivity contribution < 1.29 is 19.1 Å². The normalized spacial score (nSPS) is 9.81. The Kier molecular flexibility index (Phi) is 4.56. The van der Waals surface area contributed by atoms with Gasteiger partial charge in [0.1, 0.15) is 17.8 Å². The van der Waals surface area contributed by atoms with Gasteiger partial charge in [0.25, 0.3) is 5.91 Å². The smallest absolute Gasteiger partial charge is 0.259 e. The Morgan fingerprint density at radius 2 is 1.76 bits per heavy atom. The third kappa shape index (κ3) is 3.39. The Morgan fingerprint density at radius 3 is 2.33 bits per heavy atom. The lowest BCUT2D eigenvalue weighted by Gasteiger charge is -2.11. The Bertz CT molecular complexity index is 650. The molecule has 5 nitrogen and oxygen atoms in total. The topological polar surface area (TPSA) is 64.6 Å². The van der Waals surface area contributed by atoms with E-state index in [0.717, 1.165) is 6.29 Å². The van der Waals surface area contributed by atoms with Crippen LogP contribution in [-0.4, -0.2) is 26.4 Å². The zero-order chi connectivity index (χ0) is 15.2. The van der Waals surface area contributed by atoms with Gasteiger partial charge in [-0.25, -0.2) is 0 Å². The van der Waals surface area contributed by atoms with E-state index in [9.17, 15) is 9.59 Å². The molecule has 2 aromatic rings. The van der Waals surface area contributed by atoms with Crippen LogP contribution >= 0.6 is 0 Å². The number of anilines is 1. The molecule has 0 aliphatic carbocycles. The highest BCUT2D eigenvalue weighted by Crippen LogP contribution is 2.25. The molecule has 0 radical (unpaired) electrons. The summed E-state index contributed by atoms with van der Waals surface area (Å²) < 4.78 is 10.3. The summed E-state index contributed by atoms with van der Waals surface area (Å²) >= 11 is 0. The van der Waals surface area contributed by atoms with Crippen molar-refractivity contribution in [3.63, 3.8) is 0 Å². The number of rotatable bonds is 5. The van der Waals surface area contributed by atoms with E-state index >= 15 is 0 Å². The number of methoxy groups -OCH3 is 2. The van der Waals surface area contributed by atoms with Gasteiger partial charge in [0.05, 0.1) is 19.8 Å². The molecule has 0 spiro atoms. The Hall–Kier alpha value is -2.82. The lowest BCUT2D eigenvalue weighted by Crippen LogP contribution is -2.13. The maximum Gasteiger partial charge on any atom is 0.259 e. The summed E-state index contributed by atoms with van der Waals surface area (Å²) in [5, 5.41) is 2.75. The molecular formula is C16H15NO4. The molecule has 108 valence electrons. The predicted octanol–water partition coefficient (Wildman–Crippen LogP) is 2.77. The molecule has 0 unspecified atom stereocenters. The predicted molar refractivity (Wildman–Crippen MR) is 79.3 cm³/mol. The minimum absolute atomic E-state index is 0.298. The number of carbonyl (C=O) groups excluding carboxylic acids is 2. The third-order valence-corrected chi connectivity index (χ3v) is 2.96. The summed E-state index contributed by atoms with van der Waals surface area (Å²) in [7, 11) is 3.04. The van der Waals surface area contributed by atoms with Crippen LogP contribution in [0.3, 0.4) is 0 Å². The number of hydrogen-bond donors (Lipinski definition) is 1. The Labute approximate surface area is 122 Å². The first-order chi connectivity index (χ1) is 10.2. The van der Waals surface area contributed by atoms with E-state index in [1.165, 1.54) is 7.11 Å². The first-order valence-electron chi connectivity index (χ1n) is 6.26. The number of carbonyl (C=O) groups is 2. The average molecular weight is 285 g/mol. The van der Waals surface area contributed by atoms with Crippen LogP contribution in [0.15, 0.2) is 42.5 Å². The van der Waals surface area contributed by atoms with Gasteiger partial charge in [-0.3, -0.25) is 9.59 Å². The maximum absolute atomic E-state index is 12.2. The molecule has 0 aliphatic rings. The quantitative estimate of drug-likeness (QED) is 0.858. The second-order valence-corrected chi connectivity index (χ2v) is 4.26. The molecule has 0 fully saturated rings. The summed E-state index contributed by atoms with van der Waals surface area (Å²) in [5.74, 6) is 0.739. The SMILES string of the molecule is COc1ccc(C(=O)Nc2ccc(C=O)cc2)c(OC)c1. The maximum atomic E-state index is 12.2. The van der Waals surface area contributed by atoms with Crippen molar-refractivity contribution in [3.8, 4) is 11.5 Å². The summed E-state index contributed by atoms with van der Waals surface area (Å²) in [5.41, 5.74) is 1.55. The number of hydrogen-bond acceptors (Lipinski definition) is 4. The molecule has 0 heterocycles. The van der Waals surface area contributed by atoms with Crippen LogP contribution in [-0.2, 0) is 0 Å². The molecule has 0 aliphatic heterocycles. The Balaban J connectivity index is 2.21. The average Bonchev–Trinajstić information content (AvgIpc) is 2.54. The fourth-order valence-electron chi connectivity index (χ4n) is 1.83. The number of ether oxygens (including phenoxy) is 2. The molecule has 21 heavy (non-hydrogen) atoms. The first-order valence-corrected chi connectivity index (χ1v) is 6.26. The number of nitrogens with one attached hydrogen (secondary N) is 1. The summed E-state index contributed by atoms with van der Waals surface area (Å²) in [6.45, 7) is 0. The van der Waals surface area contributed by atoms with E-state index in [-0.39, 0.29) is 5.91 Å². The van der Waals surface area contributed by atoms with E-state index < -0.39 is 0 Å². The molecule has 2 aromatic carbocycles. The second kappa shape index (κ2) is 6.56. The standard InChI is InChI=1S/C16H15NO4/c1-20-13-7-8-14(15(9-13)21-2)16(19)17-12-5-3-11(10-18)4-6-12/h3-10H,1-2H3,(H,17,19). The number of aldehydes is 1. The molecule has 0 saturated heterocycles. The minimum atomic E-state index is -0.298. The number of benzene rings is 2. The molecule has 0 aromatic heterocycles. The van der Waals surface area contributed by atoms with Crippen molar-refractivity contribution in [3.05, 3.63) is 53.6 Å². The van der Waals surface area contributed by atoms with Crippen LogP contribution < -0.4 is 14.8 Å². The van der Waals surface area contributed by atoms with E-state index in [4.69, 9.17) is 9.47 Å². The van der Waals surface area contributed by atoms with Gasteiger partial charge in [-0.15, -0.1) is 0 Å². The highest BCUT2D eigenvalue weighted by atomic mass is 16.5. The summed E-state index contributed by atoms with van der Waals surface area (Å²) in [4.78, 5) is 22.8. The van der Waals surface area contributed by atoms with Gasteiger partial charge in [-0.1, -0.05) is 0 Å². The minimum Gasteiger partial charge on any atom is -0.497 e. The Morgan fingerprint density at radius 1 is 1.05 bits per heavy atom. The lowest BCUT2D eigenvalue weighted by atomic mass is 10.1. The summed E-state index contributed by atoms with van der Waals surface area (Å²) in [6.07, 6.45) is 0.748. The van der Waals surface area contributed by atoms with Gasteiger partial charge in [-0.05, 0) is 36.4 Å². The van der Waals surface area contributed by atoms with E-state index in [2.05, 4.69) is 5.32 Å². The van der Waals surface area contributed by atoms with Crippen molar-refractivity contribution in [2.24, 2.45) is 0 Å². The lowest BCUT2D eigenvalue weighted by molar-refractivity contribution is 0.102. The van der Waals surface area contributed by atoms with Crippen molar-refractivity contribution in [2.75, 3.05) is 19.5 Å². The van der Waals surface area contributed by atoms with Gasteiger partial charge in [0.15, 0.2) is 0 Å². The van der Waals surface area contributed by atoms with Gasteiger partial charge in [-0.2, -0.15) is 0 Å². The van der Waals surface area contributed by atoms with Gasteiger partial charge >= 0.3 is 0 Å². The zero-order valence-corrected chi connectivity index (χ0v) is 11.8. The largest absolute Gasteiger partial charge is 0.497 e. The van der Waals surface area contributed by atoms with Crippen LogP contribution in [0.4, 0.5) is 5.69 Å². The highest BCUT2D eigenvalue weighted by molar-refractivity contribution is 6.06. The number of amides is 1. The van der Waals surface area contributed by atoms with E-state index in [1.54, 1.807) is 49.6 Å². The van der Waals surface area contributed by atoms with Gasteiger partial charge in [0, 0.05) is 17.3 Å². The van der Waals surface area contributed by atoms with Crippen LogP contribution in [0.1, 0.15) is 20.7 Å². The van der Waals surface area contributed by atoms with Crippen LogP contribution in [0, 0.1) is 0 Å². The fraction of sp³-hybridized carbons (Fsp3) is 0.125. The molecule has 0 saturated carbocycles. The monoisotopic (exact) mass is 285 g/mol. The highest BCUT2D eigenvalue weighted by Gasteiger charge is 2.13. The van der Waals surface area contributed by atoms with Crippen molar-refractivity contribution >= 4 is 17.9 Å². The van der Waals surface area contributed by atoms with Crippen LogP contribution in [0.25, 0.3) is 0 Å². The van der Waals surface area contributed by atoms with E-state index in [0.29, 0.717) is 28.3 Å². The fourth-order valence-corrected chi connectivity index (χ4v) is 1.83. The van der Waals surface area contributed by atoms with Gasteiger partial charge < -0.3 is 14.8 Å².